The summed E-state index contributed by atoms with van der Waals surface area (Å²) in [5.74, 6) is -1.07. The van der Waals surface area contributed by atoms with Crippen molar-refractivity contribution in [3.05, 3.63) is 54.1 Å². The predicted octanol–water partition coefficient (Wildman–Crippen LogP) is 2.72. The largest absolute Gasteiger partial charge is 0.431 e. The van der Waals surface area contributed by atoms with Crippen molar-refractivity contribution in [1.82, 2.24) is 15.7 Å². The number of nitrogens with one attached hydrogen (secondary N) is 2. The first-order valence-corrected chi connectivity index (χ1v) is 11.5. The number of carbonyl (C=O) groups is 4. The van der Waals surface area contributed by atoms with E-state index < -0.39 is 22.4 Å². The molecule has 168 valence electrons. The van der Waals surface area contributed by atoms with E-state index in [1.54, 1.807) is 30.3 Å². The van der Waals surface area contributed by atoms with E-state index in [4.69, 9.17) is 9.15 Å². The number of oxazole rings is 1. The van der Waals surface area contributed by atoms with Crippen LogP contribution < -0.4 is 15.5 Å². The summed E-state index contributed by atoms with van der Waals surface area (Å²) >= 11 is 1.93. The van der Waals surface area contributed by atoms with E-state index >= 15 is 0 Å². The van der Waals surface area contributed by atoms with Gasteiger partial charge in [-0.05, 0) is 42.0 Å². The molecule has 2 N–H and O–H groups in total. The van der Waals surface area contributed by atoms with Crippen molar-refractivity contribution < 1.29 is 28.3 Å². The number of hydrazone groups is 1. The van der Waals surface area contributed by atoms with Gasteiger partial charge in [0.2, 0.25) is 5.91 Å². The predicted molar refractivity (Wildman–Crippen MR) is 122 cm³/mol. The summed E-state index contributed by atoms with van der Waals surface area (Å²) in [6.07, 6.45) is 1.23. The van der Waals surface area contributed by atoms with Crippen molar-refractivity contribution in [1.29, 1.82) is 0 Å². The third-order valence-corrected chi connectivity index (χ3v) is 6.04. The van der Waals surface area contributed by atoms with Crippen LogP contribution in [0, 0.1) is 0 Å². The van der Waals surface area contributed by atoms with Crippen molar-refractivity contribution in [2.45, 2.75) is 16.9 Å². The first kappa shape index (κ1) is 22.6. The fraction of sp³-hybridized carbons (Fsp3) is 0.143. The van der Waals surface area contributed by atoms with Crippen LogP contribution in [0.1, 0.15) is 12.0 Å². The van der Waals surface area contributed by atoms with Gasteiger partial charge in [0.25, 0.3) is 16.4 Å². The molecule has 10 nitrogen and oxygen atoms in total. The van der Waals surface area contributed by atoms with Crippen LogP contribution in [0.4, 0.5) is 4.79 Å². The zero-order valence-electron chi connectivity index (χ0n) is 16.8. The fourth-order valence-electron chi connectivity index (χ4n) is 2.73. The first-order chi connectivity index (χ1) is 16.0. The van der Waals surface area contributed by atoms with Gasteiger partial charge < -0.3 is 9.15 Å². The van der Waals surface area contributed by atoms with Gasteiger partial charge in [0.15, 0.2) is 5.58 Å². The number of aromatic nitrogens is 1. The van der Waals surface area contributed by atoms with E-state index in [-0.39, 0.29) is 23.8 Å². The lowest BCUT2D eigenvalue weighted by Crippen LogP contribution is -2.27. The number of benzene rings is 2. The van der Waals surface area contributed by atoms with Gasteiger partial charge in [-0.2, -0.15) is 5.10 Å². The number of rotatable bonds is 8. The topological polar surface area (TPSA) is 140 Å². The summed E-state index contributed by atoms with van der Waals surface area (Å²) in [5.41, 5.74) is 4.47. The molecule has 0 bridgehead atoms. The normalized spacial score (nSPS) is 15.7. The third-order valence-electron chi connectivity index (χ3n) is 4.23. The summed E-state index contributed by atoms with van der Waals surface area (Å²) < 4.78 is 10.7. The molecule has 3 aromatic rings. The van der Waals surface area contributed by atoms with Crippen LogP contribution in [0.5, 0.6) is 5.75 Å². The number of nitrogens with zero attached hydrogens (tertiary/aromatic N) is 2. The third kappa shape index (κ3) is 6.20. The Bertz CT molecular complexity index is 1210. The molecule has 2 aromatic carbocycles. The SMILES string of the molecule is O=C(CSc1nc2ccccc2o1)NN=Cc1ccc(OC(=O)CC2SC(=O)NC2=O)cc1. The fourth-order valence-corrected chi connectivity index (χ4v) is 4.16. The molecule has 3 amide bonds. The average molecular weight is 485 g/mol. The molecule has 0 aliphatic carbocycles. The van der Waals surface area contributed by atoms with Gasteiger partial charge in [-0.25, -0.2) is 10.4 Å². The van der Waals surface area contributed by atoms with Gasteiger partial charge in [-0.1, -0.05) is 35.7 Å². The van der Waals surface area contributed by atoms with E-state index in [2.05, 4.69) is 20.8 Å². The molecule has 2 heterocycles. The maximum Gasteiger partial charge on any atom is 0.312 e. The highest BCUT2D eigenvalue weighted by molar-refractivity contribution is 8.15. The molecule has 0 spiro atoms. The molecule has 1 unspecified atom stereocenters. The van der Waals surface area contributed by atoms with Gasteiger partial charge >= 0.3 is 5.97 Å². The molecule has 1 fully saturated rings. The zero-order valence-corrected chi connectivity index (χ0v) is 18.5. The lowest BCUT2D eigenvalue weighted by molar-refractivity contribution is -0.135. The monoisotopic (exact) mass is 484 g/mol. The molecule has 33 heavy (non-hydrogen) atoms. The summed E-state index contributed by atoms with van der Waals surface area (Å²) in [7, 11) is 0. The second kappa shape index (κ2) is 10.3. The highest BCUT2D eigenvalue weighted by atomic mass is 32.2. The molecule has 12 heteroatoms. The van der Waals surface area contributed by atoms with Crippen molar-refractivity contribution in [2.75, 3.05) is 5.75 Å². The summed E-state index contributed by atoms with van der Waals surface area (Å²) in [5, 5.41) is 5.16. The smallest absolute Gasteiger partial charge is 0.312 e. The van der Waals surface area contributed by atoms with Crippen LogP contribution in [0.3, 0.4) is 0 Å². The number of amides is 3. The van der Waals surface area contributed by atoms with Gasteiger partial charge in [-0.3, -0.25) is 24.5 Å². The number of hydrogen-bond acceptors (Lipinski definition) is 10. The van der Waals surface area contributed by atoms with E-state index in [1.807, 2.05) is 18.2 Å². The quantitative estimate of drug-likeness (QED) is 0.162. The second-order valence-electron chi connectivity index (χ2n) is 6.66. The number of thioether (sulfide) groups is 2. The van der Waals surface area contributed by atoms with E-state index in [0.717, 1.165) is 29.0 Å². The van der Waals surface area contributed by atoms with Crippen LogP contribution in [-0.2, 0) is 14.4 Å². The van der Waals surface area contributed by atoms with E-state index in [9.17, 15) is 19.2 Å². The molecule has 0 saturated carbocycles. The van der Waals surface area contributed by atoms with Gasteiger partial charge in [0, 0.05) is 0 Å². The Morgan fingerprint density at radius 3 is 2.73 bits per heavy atom. The Labute approximate surface area is 195 Å². The van der Waals surface area contributed by atoms with Gasteiger partial charge in [-0.15, -0.1) is 0 Å². The number of fused-ring (bicyclic) bond motifs is 1. The molecule has 1 aliphatic heterocycles. The second-order valence-corrected chi connectivity index (χ2v) is 8.76. The summed E-state index contributed by atoms with van der Waals surface area (Å²) in [6, 6.07) is 13.7. The Hall–Kier alpha value is -3.64. The zero-order chi connectivity index (χ0) is 23.2. The number of ether oxygens (including phenoxy) is 1. The molecule has 1 saturated heterocycles. The maximum absolute atomic E-state index is 12.0. The van der Waals surface area contributed by atoms with Crippen LogP contribution in [0.25, 0.3) is 11.1 Å². The standard InChI is InChI=1S/C21H16N4O6S2/c26-17(11-32-21-23-14-3-1-2-4-15(14)31-21)25-22-10-12-5-7-13(8-6-12)30-18(27)9-16-19(28)24-20(29)33-16/h1-8,10,16H,9,11H2,(H,25,26)(H,24,28,29). The Kier molecular flexibility index (Phi) is 7.05. The average Bonchev–Trinajstić information content (AvgIpc) is 3.35. The lowest BCUT2D eigenvalue weighted by atomic mass is 10.2. The van der Waals surface area contributed by atoms with E-state index in [1.165, 1.54) is 6.21 Å². The first-order valence-electron chi connectivity index (χ1n) is 9.59. The highest BCUT2D eigenvalue weighted by Gasteiger charge is 2.33. The minimum absolute atomic E-state index is 0.0853. The molecular formula is C21H16N4O6S2. The molecule has 1 aliphatic rings. The van der Waals surface area contributed by atoms with Crippen LogP contribution in [-0.4, -0.2) is 45.2 Å². The number of hydrogen-bond donors (Lipinski definition) is 2. The van der Waals surface area contributed by atoms with E-state index in [0.29, 0.717) is 16.4 Å². The number of carbonyl (C=O) groups excluding carboxylic acids is 4. The molecule has 1 aromatic heterocycles. The summed E-state index contributed by atoms with van der Waals surface area (Å²) in [6.45, 7) is 0. The Balaban J connectivity index is 1.20. The number of imide groups is 1. The van der Waals surface area contributed by atoms with Crippen molar-refractivity contribution in [3.8, 4) is 5.75 Å². The molecule has 4 rings (SSSR count). The van der Waals surface area contributed by atoms with Crippen molar-refractivity contribution in [2.24, 2.45) is 5.10 Å². The van der Waals surface area contributed by atoms with Crippen molar-refractivity contribution >= 4 is 63.9 Å². The molecular weight excluding hydrogens is 468 g/mol. The van der Waals surface area contributed by atoms with Crippen LogP contribution in [0.2, 0.25) is 0 Å². The minimum atomic E-state index is -0.777. The van der Waals surface area contributed by atoms with Crippen LogP contribution >= 0.6 is 23.5 Å². The van der Waals surface area contributed by atoms with Crippen LogP contribution in [0.15, 0.2) is 63.3 Å². The lowest BCUT2D eigenvalue weighted by Gasteiger charge is -2.06. The highest BCUT2D eigenvalue weighted by Crippen LogP contribution is 2.24. The number of esters is 1. The molecule has 1 atom stereocenters. The number of para-hydroxylation sites is 2. The van der Waals surface area contributed by atoms with Gasteiger partial charge in [0.1, 0.15) is 16.5 Å². The van der Waals surface area contributed by atoms with Gasteiger partial charge in [0.05, 0.1) is 18.4 Å². The summed E-state index contributed by atoms with van der Waals surface area (Å²) in [4.78, 5) is 50.8. The Morgan fingerprint density at radius 2 is 2.00 bits per heavy atom. The maximum atomic E-state index is 12.0. The minimum Gasteiger partial charge on any atom is -0.431 e. The van der Waals surface area contributed by atoms with Crippen molar-refractivity contribution in [3.63, 3.8) is 0 Å². The molecule has 0 radical (unpaired) electrons. The Morgan fingerprint density at radius 1 is 1.21 bits per heavy atom.